The van der Waals surface area contributed by atoms with Gasteiger partial charge in [0.15, 0.2) is 0 Å². The van der Waals surface area contributed by atoms with Crippen molar-refractivity contribution in [3.8, 4) is 0 Å². The predicted molar refractivity (Wildman–Crippen MR) is 64.4 cm³/mol. The van der Waals surface area contributed by atoms with Gasteiger partial charge in [0.25, 0.3) is 0 Å². The maximum atomic E-state index is 9.29. The van der Waals surface area contributed by atoms with Gasteiger partial charge in [-0.3, -0.25) is 0 Å². The monoisotopic (exact) mass is 206 g/mol. The predicted octanol–water partition coefficient (Wildman–Crippen LogP) is 2.08. The van der Waals surface area contributed by atoms with Crippen molar-refractivity contribution < 1.29 is 5.11 Å². The van der Waals surface area contributed by atoms with Gasteiger partial charge in [-0.1, -0.05) is 59.9 Å². The van der Waals surface area contributed by atoms with E-state index in [-0.39, 0.29) is 6.61 Å². The van der Waals surface area contributed by atoms with Crippen molar-refractivity contribution >= 4 is 13.3 Å². The minimum absolute atomic E-state index is 0.185. The highest BCUT2D eigenvalue weighted by molar-refractivity contribution is 6.95. The summed E-state index contributed by atoms with van der Waals surface area (Å²) in [4.78, 5) is 0. The van der Waals surface area contributed by atoms with Gasteiger partial charge in [-0.2, -0.15) is 0 Å². The lowest BCUT2D eigenvalue weighted by Gasteiger charge is -2.25. The van der Waals surface area contributed by atoms with E-state index in [4.69, 9.17) is 0 Å². The number of allylic oxidation sites excluding steroid dienone is 1. The number of benzene rings is 1. The topological polar surface area (TPSA) is 20.2 Å². The van der Waals surface area contributed by atoms with Gasteiger partial charge in [-0.05, 0) is 6.92 Å². The van der Waals surface area contributed by atoms with Crippen LogP contribution in [0, 0.1) is 0 Å². The molecule has 0 unspecified atom stereocenters. The lowest BCUT2D eigenvalue weighted by molar-refractivity contribution is 0.337. The molecular weight excluding hydrogens is 188 g/mol. The highest BCUT2D eigenvalue weighted by atomic mass is 28.3. The molecule has 0 atom stereocenters. The molecule has 0 saturated heterocycles. The molecule has 0 radical (unpaired) electrons. The molecule has 1 aromatic rings. The maximum Gasteiger partial charge on any atom is 0.110 e. The molecule has 0 saturated carbocycles. The number of hydrogen-bond acceptors (Lipinski definition) is 1. The van der Waals surface area contributed by atoms with E-state index >= 15 is 0 Å². The minimum atomic E-state index is -1.60. The highest BCUT2D eigenvalue weighted by Gasteiger charge is 2.26. The Kier molecular flexibility index (Phi) is 3.67. The number of rotatable bonds is 3. The van der Waals surface area contributed by atoms with Crippen LogP contribution in [-0.4, -0.2) is 19.8 Å². The highest BCUT2D eigenvalue weighted by Crippen LogP contribution is 2.14. The van der Waals surface area contributed by atoms with Gasteiger partial charge in [-0.15, -0.1) is 0 Å². The SMILES string of the molecule is C/C=C(\CO)[Si](C)(C)c1ccccc1. The Morgan fingerprint density at radius 3 is 2.29 bits per heavy atom. The van der Waals surface area contributed by atoms with E-state index in [2.05, 4.69) is 43.4 Å². The smallest absolute Gasteiger partial charge is 0.110 e. The Balaban J connectivity index is 3.07. The molecular formula is C12H18OSi. The summed E-state index contributed by atoms with van der Waals surface area (Å²) in [6.45, 7) is 6.73. The Labute approximate surface area is 87.1 Å². The van der Waals surface area contributed by atoms with Gasteiger partial charge in [-0.25, -0.2) is 0 Å². The van der Waals surface area contributed by atoms with Gasteiger partial charge >= 0.3 is 0 Å². The van der Waals surface area contributed by atoms with Crippen molar-refractivity contribution in [1.29, 1.82) is 0 Å². The number of hydrogen-bond donors (Lipinski definition) is 1. The molecule has 0 heterocycles. The van der Waals surface area contributed by atoms with Crippen LogP contribution in [0.3, 0.4) is 0 Å². The molecule has 1 aromatic carbocycles. The molecule has 2 heteroatoms. The van der Waals surface area contributed by atoms with Crippen LogP contribution in [0.2, 0.25) is 13.1 Å². The fourth-order valence-electron chi connectivity index (χ4n) is 1.69. The van der Waals surface area contributed by atoms with E-state index < -0.39 is 8.07 Å². The average molecular weight is 206 g/mol. The molecule has 0 aromatic heterocycles. The van der Waals surface area contributed by atoms with Crippen molar-refractivity contribution in [3.63, 3.8) is 0 Å². The molecule has 0 spiro atoms. The molecule has 0 amide bonds. The summed E-state index contributed by atoms with van der Waals surface area (Å²) in [6, 6.07) is 10.5. The second-order valence-electron chi connectivity index (χ2n) is 3.96. The van der Waals surface area contributed by atoms with Crippen LogP contribution >= 0.6 is 0 Å². The summed E-state index contributed by atoms with van der Waals surface area (Å²) in [5, 5.41) is 11.9. The standard InChI is InChI=1S/C12H18OSi/c1-4-11(10-13)14(2,3)12-8-6-5-7-9-12/h4-9,13H,10H2,1-3H3/b11-4+. The largest absolute Gasteiger partial charge is 0.392 e. The van der Waals surface area contributed by atoms with Crippen LogP contribution < -0.4 is 5.19 Å². The van der Waals surface area contributed by atoms with E-state index in [0.29, 0.717) is 0 Å². The van der Waals surface area contributed by atoms with Crippen molar-refractivity contribution in [3.05, 3.63) is 41.6 Å². The zero-order valence-electron chi connectivity index (χ0n) is 9.12. The molecule has 0 aliphatic heterocycles. The second kappa shape index (κ2) is 4.58. The summed E-state index contributed by atoms with van der Waals surface area (Å²) >= 11 is 0. The average Bonchev–Trinajstić information content (AvgIpc) is 2.20. The summed E-state index contributed by atoms with van der Waals surface area (Å²) in [5.74, 6) is 0. The first-order valence-corrected chi connectivity index (χ1v) is 7.95. The van der Waals surface area contributed by atoms with Crippen molar-refractivity contribution in [1.82, 2.24) is 0 Å². The van der Waals surface area contributed by atoms with Crippen LogP contribution in [0.4, 0.5) is 0 Å². The number of aliphatic hydroxyl groups is 1. The van der Waals surface area contributed by atoms with Gasteiger partial charge in [0.05, 0.1) is 6.61 Å². The summed E-state index contributed by atoms with van der Waals surface area (Å²) in [6.07, 6.45) is 2.05. The van der Waals surface area contributed by atoms with Crippen molar-refractivity contribution in [2.24, 2.45) is 0 Å². The summed E-state index contributed by atoms with van der Waals surface area (Å²) < 4.78 is 0. The Morgan fingerprint density at radius 2 is 1.86 bits per heavy atom. The molecule has 14 heavy (non-hydrogen) atoms. The van der Waals surface area contributed by atoms with Gasteiger partial charge in [0.2, 0.25) is 0 Å². The lowest BCUT2D eigenvalue weighted by atomic mass is 10.4. The molecule has 0 bridgehead atoms. The molecule has 0 aliphatic rings. The minimum Gasteiger partial charge on any atom is -0.392 e. The summed E-state index contributed by atoms with van der Waals surface area (Å²) in [5.41, 5.74) is 0. The van der Waals surface area contributed by atoms with Gasteiger partial charge in [0, 0.05) is 0 Å². The molecule has 76 valence electrons. The Morgan fingerprint density at radius 1 is 1.29 bits per heavy atom. The maximum absolute atomic E-state index is 9.29. The molecule has 1 nitrogen and oxygen atoms in total. The second-order valence-corrected chi connectivity index (χ2v) is 8.43. The van der Waals surface area contributed by atoms with Crippen LogP contribution in [0.5, 0.6) is 0 Å². The molecule has 1 N–H and O–H groups in total. The van der Waals surface area contributed by atoms with Crippen LogP contribution in [-0.2, 0) is 0 Å². The quantitative estimate of drug-likeness (QED) is 0.751. The van der Waals surface area contributed by atoms with Crippen LogP contribution in [0.1, 0.15) is 6.92 Å². The van der Waals surface area contributed by atoms with Crippen LogP contribution in [0.15, 0.2) is 41.6 Å². The Hall–Kier alpha value is -0.863. The van der Waals surface area contributed by atoms with Crippen LogP contribution in [0.25, 0.3) is 0 Å². The van der Waals surface area contributed by atoms with Gasteiger partial charge in [0.1, 0.15) is 8.07 Å². The third-order valence-corrected chi connectivity index (χ3v) is 6.65. The normalized spacial score (nSPS) is 13.0. The van der Waals surface area contributed by atoms with E-state index in [1.807, 2.05) is 13.0 Å². The van der Waals surface area contributed by atoms with E-state index in [1.54, 1.807) is 0 Å². The fourth-order valence-corrected chi connectivity index (χ4v) is 4.20. The zero-order chi connectivity index (χ0) is 10.6. The summed E-state index contributed by atoms with van der Waals surface area (Å²) in [7, 11) is -1.60. The third kappa shape index (κ3) is 2.14. The fraction of sp³-hybridized carbons (Fsp3) is 0.333. The first-order chi connectivity index (χ1) is 6.62. The lowest BCUT2D eigenvalue weighted by Crippen LogP contribution is -2.44. The zero-order valence-corrected chi connectivity index (χ0v) is 10.1. The van der Waals surface area contributed by atoms with E-state index in [1.165, 1.54) is 10.4 Å². The number of aliphatic hydroxyl groups excluding tert-OH is 1. The molecule has 0 aliphatic carbocycles. The third-order valence-electron chi connectivity index (χ3n) is 2.82. The van der Waals surface area contributed by atoms with Crippen molar-refractivity contribution in [2.45, 2.75) is 20.0 Å². The molecule has 0 fully saturated rings. The Bertz CT molecular complexity index is 314. The first kappa shape index (κ1) is 11.2. The van der Waals surface area contributed by atoms with E-state index in [9.17, 15) is 5.11 Å². The van der Waals surface area contributed by atoms with E-state index in [0.717, 1.165) is 0 Å². The van der Waals surface area contributed by atoms with Crippen molar-refractivity contribution in [2.75, 3.05) is 6.61 Å². The molecule has 1 rings (SSSR count). The van der Waals surface area contributed by atoms with Gasteiger partial charge < -0.3 is 5.11 Å². The first-order valence-electron chi connectivity index (χ1n) is 4.95.